The van der Waals surface area contributed by atoms with Crippen LogP contribution in [0.15, 0.2) is 48.5 Å². The van der Waals surface area contributed by atoms with Crippen molar-refractivity contribution in [2.75, 3.05) is 0 Å². The zero-order valence-corrected chi connectivity index (χ0v) is 14.1. The molecular formula is C15H8BF11S. The van der Waals surface area contributed by atoms with E-state index in [9.17, 15) is 48.0 Å². The van der Waals surface area contributed by atoms with Crippen LogP contribution in [-0.2, 0) is 5.25 Å². The Morgan fingerprint density at radius 1 is 0.607 bits per heavy atom. The Hall–Kier alpha value is -2.05. The molecule has 0 nitrogen and oxygen atoms in total. The van der Waals surface area contributed by atoms with E-state index in [1.165, 1.54) is 48.5 Å². The summed E-state index contributed by atoms with van der Waals surface area (Å²) in [6, 6.07) is 10.9. The zero-order chi connectivity index (χ0) is 21.5. The van der Waals surface area contributed by atoms with Gasteiger partial charge in [-0.1, -0.05) is 24.3 Å². The van der Waals surface area contributed by atoms with Gasteiger partial charge in [0, 0.05) is 10.8 Å². The molecule has 0 N–H and O–H groups in total. The van der Waals surface area contributed by atoms with E-state index in [-0.39, 0.29) is 20.2 Å². The first-order chi connectivity index (χ1) is 12.6. The molecule has 0 amide bonds. The van der Waals surface area contributed by atoms with Crippen molar-refractivity contribution in [2.24, 2.45) is 0 Å². The van der Waals surface area contributed by atoms with Crippen LogP contribution >= 0.6 is 10.5 Å². The van der Waals surface area contributed by atoms with Gasteiger partial charge in [-0.15, -0.1) is 8.78 Å². The van der Waals surface area contributed by atoms with Gasteiger partial charge in [0.1, 0.15) is 0 Å². The molecule has 28 heavy (non-hydrogen) atoms. The van der Waals surface area contributed by atoms with Crippen LogP contribution in [0.3, 0.4) is 0 Å². The molecule has 0 aliphatic heterocycles. The van der Waals surface area contributed by atoms with Crippen LogP contribution in [0.5, 0.6) is 0 Å². The Bertz CT molecular complexity index is 912. The number of thiophene rings is 1. The molecule has 154 valence electrons. The van der Waals surface area contributed by atoms with Gasteiger partial charge >= 0.3 is 24.6 Å². The summed E-state index contributed by atoms with van der Waals surface area (Å²) in [5.74, 6) is -6.13. The maximum absolute atomic E-state index is 14.3. The number of rotatable bonds is 2. The molecular weight excluding hydrogens is 432 g/mol. The molecule has 0 aliphatic carbocycles. The normalized spacial score (nSPS) is 13.5. The monoisotopic (exact) mass is 440 g/mol. The van der Waals surface area contributed by atoms with Crippen molar-refractivity contribution in [3.8, 4) is 0 Å². The molecule has 0 radical (unpaired) electrons. The molecule has 3 rings (SSSR count). The summed E-state index contributed by atoms with van der Waals surface area (Å²) in [4.78, 5) is 0. The van der Waals surface area contributed by atoms with Crippen molar-refractivity contribution in [2.45, 2.75) is 17.4 Å². The minimum absolute atomic E-state index is 0.206. The highest BCUT2D eigenvalue weighted by Gasteiger charge is 2.80. The van der Waals surface area contributed by atoms with Crippen molar-refractivity contribution in [3.63, 3.8) is 0 Å². The van der Waals surface area contributed by atoms with E-state index in [0.717, 1.165) is 0 Å². The highest BCUT2D eigenvalue weighted by atomic mass is 32.2. The molecule has 0 bridgehead atoms. The predicted molar refractivity (Wildman–Crippen MR) is 85.3 cm³/mol. The number of halogens is 11. The summed E-state index contributed by atoms with van der Waals surface area (Å²) < 4.78 is 132. The zero-order valence-electron chi connectivity index (χ0n) is 13.3. The highest BCUT2D eigenvalue weighted by Crippen LogP contribution is 2.62. The molecule has 1 heterocycles. The van der Waals surface area contributed by atoms with Crippen LogP contribution in [0.1, 0.15) is 0 Å². The fourth-order valence-electron chi connectivity index (χ4n) is 2.42. The maximum atomic E-state index is 14.3. The lowest BCUT2D eigenvalue weighted by atomic mass is 10.2. The van der Waals surface area contributed by atoms with E-state index in [1.54, 1.807) is 0 Å². The average Bonchev–Trinajstić information content (AvgIpc) is 2.87. The van der Waals surface area contributed by atoms with Gasteiger partial charge in [0.05, 0.1) is 10.5 Å². The maximum Gasteiger partial charge on any atom is 0.673 e. The van der Waals surface area contributed by atoms with E-state index < -0.39 is 35.1 Å². The molecule has 13 heteroatoms. The van der Waals surface area contributed by atoms with Crippen molar-refractivity contribution in [1.82, 2.24) is 0 Å². The molecule has 0 saturated heterocycles. The first-order valence-corrected chi connectivity index (χ1v) is 8.44. The van der Waals surface area contributed by atoms with E-state index in [4.69, 9.17) is 0 Å². The van der Waals surface area contributed by atoms with E-state index >= 15 is 0 Å². The van der Waals surface area contributed by atoms with Crippen LogP contribution in [0.25, 0.3) is 20.2 Å². The standard InChI is InChI=1S/C15H8F7S.BF4/c16-13(17,14(18,19)20)15(21,22)23-11-7-3-1-5-9(11)10-6-2-4-8-12(10)23;2-1(3,4)5/h1-8H;/q+1;-1. The minimum atomic E-state index is -6.34. The Morgan fingerprint density at radius 2 is 0.929 bits per heavy atom. The molecule has 0 atom stereocenters. The SMILES string of the molecule is FC(F)(F)C(F)(F)C(F)(F)[s+]1c2ccccc2c2ccccc21.F[B-](F)(F)F. The second kappa shape index (κ2) is 7.09. The Labute approximate surface area is 152 Å². The number of alkyl halides is 7. The molecule has 1 aromatic heterocycles. The Balaban J connectivity index is 0.000000500. The topological polar surface area (TPSA) is 0 Å². The predicted octanol–water partition coefficient (Wildman–Crippen LogP) is 7.79. The number of hydrogen-bond donors (Lipinski definition) is 0. The minimum Gasteiger partial charge on any atom is -0.418 e. The Kier molecular flexibility index (Phi) is 5.63. The molecule has 2 aromatic carbocycles. The lowest BCUT2D eigenvalue weighted by molar-refractivity contribution is -0.345. The van der Waals surface area contributed by atoms with Crippen LogP contribution in [0.4, 0.5) is 48.0 Å². The van der Waals surface area contributed by atoms with Gasteiger partial charge in [0.15, 0.2) is 9.40 Å². The van der Waals surface area contributed by atoms with Crippen LogP contribution < -0.4 is 0 Å². The van der Waals surface area contributed by atoms with E-state index in [2.05, 4.69) is 0 Å². The first-order valence-electron chi connectivity index (χ1n) is 7.21. The fourth-order valence-corrected chi connectivity index (χ4v) is 4.81. The summed E-state index contributed by atoms with van der Waals surface area (Å²) >= 11 is 0. The summed E-state index contributed by atoms with van der Waals surface area (Å²) in [6.45, 7) is 0. The van der Waals surface area contributed by atoms with Gasteiger partial charge in [-0.3, -0.25) is 0 Å². The van der Waals surface area contributed by atoms with Gasteiger partial charge in [-0.2, -0.15) is 22.0 Å². The lowest BCUT2D eigenvalue weighted by Crippen LogP contribution is -2.48. The molecule has 0 saturated carbocycles. The fraction of sp³-hybridized carbons (Fsp3) is 0.200. The third-order valence-electron chi connectivity index (χ3n) is 3.48. The summed E-state index contributed by atoms with van der Waals surface area (Å²) in [5, 5.41) is -4.78. The van der Waals surface area contributed by atoms with Gasteiger partial charge in [0.25, 0.3) is 0 Å². The number of fused-ring (bicyclic) bond motifs is 3. The number of benzene rings is 2. The third-order valence-corrected chi connectivity index (χ3v) is 5.84. The van der Waals surface area contributed by atoms with Crippen LogP contribution in [-0.4, -0.2) is 19.4 Å². The van der Waals surface area contributed by atoms with E-state index in [0.29, 0.717) is 0 Å². The van der Waals surface area contributed by atoms with Crippen molar-refractivity contribution < 1.29 is 48.0 Å². The van der Waals surface area contributed by atoms with Gasteiger partial charge in [0.2, 0.25) is 0 Å². The van der Waals surface area contributed by atoms with Crippen molar-refractivity contribution in [1.29, 1.82) is 0 Å². The average molecular weight is 440 g/mol. The largest absolute Gasteiger partial charge is 0.673 e. The van der Waals surface area contributed by atoms with Crippen molar-refractivity contribution >= 4 is 37.9 Å². The van der Waals surface area contributed by atoms with Gasteiger partial charge in [-0.05, 0) is 24.3 Å². The van der Waals surface area contributed by atoms with Crippen LogP contribution in [0.2, 0.25) is 0 Å². The lowest BCUT2D eigenvalue weighted by Gasteiger charge is -2.22. The van der Waals surface area contributed by atoms with Crippen molar-refractivity contribution in [3.05, 3.63) is 48.5 Å². The highest BCUT2D eigenvalue weighted by molar-refractivity contribution is 7.44. The second-order valence-corrected chi connectivity index (χ2v) is 7.39. The smallest absolute Gasteiger partial charge is 0.418 e. The summed E-state index contributed by atoms with van der Waals surface area (Å²) in [7, 11) is -8.71. The third kappa shape index (κ3) is 4.03. The van der Waals surface area contributed by atoms with Gasteiger partial charge < -0.3 is 17.3 Å². The Morgan fingerprint density at radius 3 is 1.25 bits per heavy atom. The van der Waals surface area contributed by atoms with Gasteiger partial charge in [-0.25, -0.2) is 0 Å². The summed E-state index contributed by atoms with van der Waals surface area (Å²) in [6.07, 6.45) is -6.34. The summed E-state index contributed by atoms with van der Waals surface area (Å²) in [5.41, 5.74) is 0. The molecule has 0 fully saturated rings. The molecule has 3 aromatic rings. The molecule has 0 spiro atoms. The van der Waals surface area contributed by atoms with E-state index in [1.807, 2.05) is 0 Å². The quantitative estimate of drug-likeness (QED) is 0.217. The van der Waals surface area contributed by atoms with Crippen LogP contribution in [0, 0.1) is 0 Å². The first kappa shape index (κ1) is 22.2. The number of hydrogen-bond acceptors (Lipinski definition) is 0. The molecule has 0 aliphatic rings. The molecule has 0 unspecified atom stereocenters. The second-order valence-electron chi connectivity index (χ2n) is 5.38.